The van der Waals surface area contributed by atoms with Gasteiger partial charge in [0.15, 0.2) is 0 Å². The summed E-state index contributed by atoms with van der Waals surface area (Å²) in [6, 6.07) is 7.11. The summed E-state index contributed by atoms with van der Waals surface area (Å²) in [6.07, 6.45) is 2.53. The monoisotopic (exact) mass is 377 g/mol. The number of piperidine rings is 1. The highest BCUT2D eigenvalue weighted by molar-refractivity contribution is 5.78. The van der Waals surface area contributed by atoms with Gasteiger partial charge in [0.25, 0.3) is 0 Å². The van der Waals surface area contributed by atoms with E-state index in [-0.39, 0.29) is 11.7 Å². The Morgan fingerprint density at radius 1 is 1.30 bits per heavy atom. The number of hydrogen-bond donors (Lipinski definition) is 0. The van der Waals surface area contributed by atoms with E-state index >= 15 is 0 Å². The number of nitrogens with zero attached hydrogens (tertiary/aromatic N) is 3. The molecule has 2 saturated heterocycles. The minimum absolute atomic E-state index is 0.125. The highest BCUT2D eigenvalue weighted by Gasteiger charge is 2.29. The van der Waals surface area contributed by atoms with Gasteiger partial charge >= 0.3 is 0 Å². The number of amides is 1. The van der Waals surface area contributed by atoms with Crippen LogP contribution in [0.15, 0.2) is 24.3 Å². The van der Waals surface area contributed by atoms with Crippen molar-refractivity contribution in [2.24, 2.45) is 0 Å². The molecule has 1 atom stereocenters. The Balaban J connectivity index is 1.46. The Labute approximate surface area is 162 Å². The third kappa shape index (κ3) is 5.74. The molecule has 0 radical (unpaired) electrons. The maximum atomic E-state index is 13.4. The summed E-state index contributed by atoms with van der Waals surface area (Å²) in [7, 11) is 0. The quantitative estimate of drug-likeness (QED) is 0.763. The zero-order valence-electron chi connectivity index (χ0n) is 16.6. The van der Waals surface area contributed by atoms with E-state index in [0.29, 0.717) is 31.8 Å². The lowest BCUT2D eigenvalue weighted by Crippen LogP contribution is -2.52. The van der Waals surface area contributed by atoms with E-state index in [1.54, 1.807) is 6.07 Å². The molecule has 2 heterocycles. The third-order valence-electron chi connectivity index (χ3n) is 5.70. The van der Waals surface area contributed by atoms with E-state index in [1.165, 1.54) is 12.1 Å². The zero-order chi connectivity index (χ0) is 19.2. The summed E-state index contributed by atoms with van der Waals surface area (Å²) in [4.78, 5) is 19.3. The fraction of sp³-hybridized carbons (Fsp3) is 0.667. The van der Waals surface area contributed by atoms with Crippen molar-refractivity contribution in [2.45, 2.75) is 45.4 Å². The normalized spacial score (nSPS) is 22.7. The predicted octanol–water partition coefficient (Wildman–Crippen LogP) is 2.36. The molecule has 0 saturated carbocycles. The van der Waals surface area contributed by atoms with Crippen molar-refractivity contribution in [3.8, 4) is 0 Å². The van der Waals surface area contributed by atoms with Crippen LogP contribution < -0.4 is 0 Å². The first-order valence-corrected chi connectivity index (χ1v) is 10.2. The topological polar surface area (TPSA) is 36.0 Å². The van der Waals surface area contributed by atoms with Gasteiger partial charge in [-0.3, -0.25) is 14.6 Å². The van der Waals surface area contributed by atoms with Gasteiger partial charge in [-0.2, -0.15) is 0 Å². The predicted molar refractivity (Wildman–Crippen MR) is 104 cm³/mol. The van der Waals surface area contributed by atoms with Gasteiger partial charge in [0.05, 0.1) is 19.3 Å². The van der Waals surface area contributed by atoms with Crippen molar-refractivity contribution in [1.82, 2.24) is 14.7 Å². The van der Waals surface area contributed by atoms with Crippen LogP contribution in [0.1, 0.15) is 32.3 Å². The van der Waals surface area contributed by atoms with Crippen LogP contribution >= 0.6 is 0 Å². The molecule has 2 aliphatic rings. The lowest BCUT2D eigenvalue weighted by atomic mass is 10.0. The van der Waals surface area contributed by atoms with Gasteiger partial charge in [-0.25, -0.2) is 4.39 Å². The van der Waals surface area contributed by atoms with Gasteiger partial charge in [0.1, 0.15) is 5.82 Å². The first kappa shape index (κ1) is 20.2. The van der Waals surface area contributed by atoms with E-state index in [1.807, 2.05) is 17.9 Å². The molecule has 150 valence electrons. The van der Waals surface area contributed by atoms with Crippen molar-refractivity contribution < 1.29 is 13.9 Å². The number of carbonyl (C=O) groups is 1. The maximum Gasteiger partial charge on any atom is 0.237 e. The second-order valence-corrected chi connectivity index (χ2v) is 7.72. The van der Waals surface area contributed by atoms with Crippen LogP contribution in [0.2, 0.25) is 0 Å². The second kappa shape index (κ2) is 9.62. The number of hydrogen-bond acceptors (Lipinski definition) is 4. The molecule has 1 aromatic carbocycles. The van der Waals surface area contributed by atoms with Gasteiger partial charge < -0.3 is 9.64 Å². The molecule has 2 aliphatic heterocycles. The van der Waals surface area contributed by atoms with Crippen molar-refractivity contribution in [2.75, 3.05) is 45.9 Å². The van der Waals surface area contributed by atoms with E-state index in [4.69, 9.17) is 4.74 Å². The fourth-order valence-electron chi connectivity index (χ4n) is 4.14. The highest BCUT2D eigenvalue weighted by atomic mass is 19.1. The molecule has 1 aromatic rings. The van der Waals surface area contributed by atoms with Gasteiger partial charge in [0.2, 0.25) is 5.91 Å². The molecule has 0 aliphatic carbocycles. The lowest BCUT2D eigenvalue weighted by Gasteiger charge is -2.41. The van der Waals surface area contributed by atoms with E-state index in [0.717, 1.165) is 51.2 Å². The number of ether oxygens (including phenoxy) is 1. The van der Waals surface area contributed by atoms with E-state index in [2.05, 4.69) is 16.7 Å². The van der Waals surface area contributed by atoms with Gasteiger partial charge in [-0.1, -0.05) is 12.1 Å². The van der Waals surface area contributed by atoms with Gasteiger partial charge in [-0.05, 0) is 44.4 Å². The summed E-state index contributed by atoms with van der Waals surface area (Å²) in [5, 5.41) is 0. The number of benzene rings is 1. The molecule has 1 unspecified atom stereocenters. The molecule has 1 amide bonds. The molecule has 0 aromatic heterocycles. The Hall–Kier alpha value is -1.50. The molecule has 5 nitrogen and oxygen atoms in total. The summed E-state index contributed by atoms with van der Waals surface area (Å²) >= 11 is 0. The van der Waals surface area contributed by atoms with Crippen LogP contribution in [0, 0.1) is 5.82 Å². The average Bonchev–Trinajstić information content (AvgIpc) is 2.66. The summed E-state index contributed by atoms with van der Waals surface area (Å²) < 4.78 is 19.0. The SMILES string of the molecule is CCN(Cc1cccc(F)c1)C(=O)CN1CCC(N2CCOC(C)C2)CC1. The standard InChI is InChI=1S/C21H32FN3O2/c1-3-24(15-18-5-4-6-19(22)13-18)21(26)16-23-9-7-20(8-10-23)25-11-12-27-17(2)14-25/h4-6,13,17,20H,3,7-12,14-16H2,1-2H3. The number of morpholine rings is 1. The Morgan fingerprint density at radius 2 is 2.07 bits per heavy atom. The van der Waals surface area contributed by atoms with E-state index in [9.17, 15) is 9.18 Å². The number of likely N-dealkylation sites (tertiary alicyclic amines) is 1. The van der Waals surface area contributed by atoms with E-state index < -0.39 is 0 Å². The second-order valence-electron chi connectivity index (χ2n) is 7.72. The minimum atomic E-state index is -0.254. The van der Waals surface area contributed by atoms with Crippen LogP contribution in [0.25, 0.3) is 0 Å². The van der Waals surface area contributed by atoms with Gasteiger partial charge in [-0.15, -0.1) is 0 Å². The number of carbonyl (C=O) groups excluding carboxylic acids is 1. The molecule has 2 fully saturated rings. The smallest absolute Gasteiger partial charge is 0.237 e. The third-order valence-corrected chi connectivity index (χ3v) is 5.70. The van der Waals surface area contributed by atoms with Crippen LogP contribution in [-0.4, -0.2) is 78.6 Å². The Morgan fingerprint density at radius 3 is 2.74 bits per heavy atom. The maximum absolute atomic E-state index is 13.4. The Kier molecular flexibility index (Phi) is 7.21. The molecule has 0 spiro atoms. The average molecular weight is 378 g/mol. The van der Waals surface area contributed by atoms with Crippen LogP contribution in [0.4, 0.5) is 4.39 Å². The molecule has 27 heavy (non-hydrogen) atoms. The first-order valence-electron chi connectivity index (χ1n) is 10.2. The molecule has 3 rings (SSSR count). The minimum Gasteiger partial charge on any atom is -0.376 e. The molecular weight excluding hydrogens is 345 g/mol. The summed E-state index contributed by atoms with van der Waals surface area (Å²) in [5.41, 5.74) is 0.838. The lowest BCUT2D eigenvalue weighted by molar-refractivity contribution is -0.133. The Bertz CT molecular complexity index is 619. The van der Waals surface area contributed by atoms with Crippen molar-refractivity contribution in [3.05, 3.63) is 35.6 Å². The fourth-order valence-corrected chi connectivity index (χ4v) is 4.14. The molecule has 0 N–H and O–H groups in total. The summed E-state index contributed by atoms with van der Waals surface area (Å²) in [5.74, 6) is -0.129. The largest absolute Gasteiger partial charge is 0.376 e. The van der Waals surface area contributed by atoms with Crippen molar-refractivity contribution >= 4 is 5.91 Å². The van der Waals surface area contributed by atoms with Gasteiger partial charge in [0, 0.05) is 45.3 Å². The number of halogens is 1. The molecule has 0 bridgehead atoms. The molecule has 6 heteroatoms. The zero-order valence-corrected chi connectivity index (χ0v) is 16.6. The van der Waals surface area contributed by atoms with Crippen molar-refractivity contribution in [3.63, 3.8) is 0 Å². The first-order chi connectivity index (χ1) is 13.0. The number of rotatable bonds is 6. The molecular formula is C21H32FN3O2. The van der Waals surface area contributed by atoms with Crippen LogP contribution in [0.5, 0.6) is 0 Å². The summed E-state index contributed by atoms with van der Waals surface area (Å²) in [6.45, 7) is 10.4. The van der Waals surface area contributed by atoms with Crippen LogP contribution in [-0.2, 0) is 16.1 Å². The highest BCUT2D eigenvalue weighted by Crippen LogP contribution is 2.19. The van der Waals surface area contributed by atoms with Crippen molar-refractivity contribution in [1.29, 1.82) is 0 Å². The number of likely N-dealkylation sites (N-methyl/N-ethyl adjacent to an activating group) is 1. The van der Waals surface area contributed by atoms with Crippen LogP contribution in [0.3, 0.4) is 0 Å².